The van der Waals surface area contributed by atoms with Crippen molar-refractivity contribution in [1.29, 1.82) is 0 Å². The highest BCUT2D eigenvalue weighted by Gasteiger charge is 2.44. The number of benzene rings is 1. The van der Waals surface area contributed by atoms with E-state index in [1.54, 1.807) is 13.8 Å². The van der Waals surface area contributed by atoms with Crippen LogP contribution in [0.25, 0.3) is 0 Å². The molecule has 22 heavy (non-hydrogen) atoms. The van der Waals surface area contributed by atoms with Crippen LogP contribution in [0.1, 0.15) is 13.8 Å². The molecular weight excluding hydrogens is 310 g/mol. The zero-order valence-electron chi connectivity index (χ0n) is 12.6. The van der Waals surface area contributed by atoms with E-state index in [9.17, 15) is 18.3 Å². The van der Waals surface area contributed by atoms with E-state index in [0.29, 0.717) is 5.75 Å². The fraction of sp³-hybridized carbons (Fsp3) is 0.500. The lowest BCUT2D eigenvalue weighted by Crippen LogP contribution is -2.58. The summed E-state index contributed by atoms with van der Waals surface area (Å²) in [7, 11) is -2.45. The van der Waals surface area contributed by atoms with Gasteiger partial charge in [-0.2, -0.15) is 4.31 Å². The first-order valence-electron chi connectivity index (χ1n) is 6.70. The molecule has 1 aromatic rings. The molecule has 7 nitrogen and oxygen atoms in total. The minimum Gasteiger partial charge on any atom is -0.497 e. The Morgan fingerprint density at radius 2 is 1.95 bits per heavy atom. The summed E-state index contributed by atoms with van der Waals surface area (Å²) < 4.78 is 36.9. The van der Waals surface area contributed by atoms with Crippen molar-refractivity contribution in [3.05, 3.63) is 24.3 Å². The van der Waals surface area contributed by atoms with Crippen molar-refractivity contribution in [3.8, 4) is 5.75 Å². The Kier molecular flexibility index (Phi) is 4.46. The molecule has 1 saturated heterocycles. The predicted molar refractivity (Wildman–Crippen MR) is 78.3 cm³/mol. The maximum atomic E-state index is 12.8. The molecule has 0 spiro atoms. The monoisotopic (exact) mass is 329 g/mol. The summed E-state index contributed by atoms with van der Waals surface area (Å²) in [5, 5.41) is 9.27. The number of carbonyl (C=O) groups is 1. The highest BCUT2D eigenvalue weighted by atomic mass is 32.2. The van der Waals surface area contributed by atoms with Crippen LogP contribution in [0.2, 0.25) is 0 Å². The number of hydrogen-bond acceptors (Lipinski definition) is 5. The van der Waals surface area contributed by atoms with Gasteiger partial charge in [-0.1, -0.05) is 0 Å². The van der Waals surface area contributed by atoms with E-state index in [1.807, 2.05) is 0 Å². The normalized spacial score (nSPS) is 22.2. The Morgan fingerprint density at radius 3 is 2.45 bits per heavy atom. The highest BCUT2D eigenvalue weighted by molar-refractivity contribution is 7.89. The molecule has 0 aromatic heterocycles. The third-order valence-corrected chi connectivity index (χ3v) is 5.34. The molecule has 1 fully saturated rings. The average molecular weight is 329 g/mol. The number of rotatable bonds is 4. The number of carboxylic acid groups (broad SMARTS) is 1. The molecule has 0 bridgehead atoms. The van der Waals surface area contributed by atoms with Crippen LogP contribution in [-0.4, -0.2) is 55.7 Å². The van der Waals surface area contributed by atoms with Gasteiger partial charge in [0.25, 0.3) is 0 Å². The number of methoxy groups -OCH3 is 1. The standard InChI is InChI=1S/C14H19NO6S/c1-14(2)9-15(12(8-21-14)13(16)17)22(18,19)11-6-4-10(20-3)5-7-11/h4-7,12H,8-9H2,1-3H3,(H,16,17). The highest BCUT2D eigenvalue weighted by Crippen LogP contribution is 2.28. The summed E-state index contributed by atoms with van der Waals surface area (Å²) >= 11 is 0. The van der Waals surface area contributed by atoms with Crippen molar-refractivity contribution >= 4 is 16.0 Å². The van der Waals surface area contributed by atoms with Gasteiger partial charge < -0.3 is 14.6 Å². The minimum absolute atomic E-state index is 0.0252. The van der Waals surface area contributed by atoms with E-state index < -0.39 is 27.6 Å². The lowest BCUT2D eigenvalue weighted by Gasteiger charge is -2.40. The van der Waals surface area contributed by atoms with Gasteiger partial charge in [-0.15, -0.1) is 0 Å². The second kappa shape index (κ2) is 5.86. The summed E-state index contributed by atoms with van der Waals surface area (Å²) in [6.45, 7) is 3.24. The largest absolute Gasteiger partial charge is 0.497 e. The first kappa shape index (κ1) is 16.7. The molecule has 122 valence electrons. The second-order valence-electron chi connectivity index (χ2n) is 5.65. The molecule has 1 atom stereocenters. The lowest BCUT2D eigenvalue weighted by molar-refractivity contribution is -0.154. The van der Waals surface area contributed by atoms with Gasteiger partial charge in [0, 0.05) is 6.54 Å². The maximum Gasteiger partial charge on any atom is 0.324 e. The fourth-order valence-electron chi connectivity index (χ4n) is 2.25. The van der Waals surface area contributed by atoms with Gasteiger partial charge in [0.1, 0.15) is 11.8 Å². The Balaban J connectivity index is 2.40. The van der Waals surface area contributed by atoms with Crippen LogP contribution in [-0.2, 0) is 19.6 Å². The fourth-order valence-corrected chi connectivity index (χ4v) is 3.97. The molecule has 1 heterocycles. The third kappa shape index (κ3) is 3.23. The van der Waals surface area contributed by atoms with Crippen molar-refractivity contribution in [2.45, 2.75) is 30.4 Å². The van der Waals surface area contributed by atoms with Gasteiger partial charge in [-0.3, -0.25) is 4.79 Å². The van der Waals surface area contributed by atoms with Gasteiger partial charge in [-0.05, 0) is 38.1 Å². The van der Waals surface area contributed by atoms with Gasteiger partial charge in [0.2, 0.25) is 10.0 Å². The smallest absolute Gasteiger partial charge is 0.324 e. The van der Waals surface area contributed by atoms with Crippen molar-refractivity contribution in [3.63, 3.8) is 0 Å². The lowest BCUT2D eigenvalue weighted by atomic mass is 10.1. The number of sulfonamides is 1. The summed E-state index contributed by atoms with van der Waals surface area (Å²) in [6, 6.07) is 4.60. The number of carboxylic acids is 1. The molecular formula is C14H19NO6S. The third-order valence-electron chi connectivity index (χ3n) is 3.47. The zero-order chi connectivity index (χ0) is 16.5. The summed E-state index contributed by atoms with van der Waals surface area (Å²) in [5.41, 5.74) is -0.745. The molecule has 8 heteroatoms. The molecule has 1 unspecified atom stereocenters. The Labute approximate surface area is 129 Å². The van der Waals surface area contributed by atoms with Crippen LogP contribution >= 0.6 is 0 Å². The molecule has 0 radical (unpaired) electrons. The molecule has 1 aliphatic rings. The van der Waals surface area contributed by atoms with Crippen molar-refractivity contribution in [2.24, 2.45) is 0 Å². The van der Waals surface area contributed by atoms with Crippen LogP contribution in [0.4, 0.5) is 0 Å². The zero-order valence-corrected chi connectivity index (χ0v) is 13.5. The molecule has 1 aliphatic heterocycles. The average Bonchev–Trinajstić information content (AvgIpc) is 2.46. The summed E-state index contributed by atoms with van der Waals surface area (Å²) in [4.78, 5) is 11.4. The number of ether oxygens (including phenoxy) is 2. The van der Waals surface area contributed by atoms with E-state index in [0.717, 1.165) is 4.31 Å². The quantitative estimate of drug-likeness (QED) is 0.884. The molecule has 1 N–H and O–H groups in total. The van der Waals surface area contributed by atoms with E-state index in [1.165, 1.54) is 31.4 Å². The van der Waals surface area contributed by atoms with E-state index in [-0.39, 0.29) is 18.0 Å². The van der Waals surface area contributed by atoms with Gasteiger partial charge in [0.05, 0.1) is 24.2 Å². The van der Waals surface area contributed by atoms with Crippen LogP contribution in [0, 0.1) is 0 Å². The van der Waals surface area contributed by atoms with Crippen molar-refractivity contribution in [1.82, 2.24) is 4.31 Å². The van der Waals surface area contributed by atoms with Crippen LogP contribution in [0.15, 0.2) is 29.2 Å². The van der Waals surface area contributed by atoms with Crippen LogP contribution in [0.5, 0.6) is 5.75 Å². The summed E-state index contributed by atoms with van der Waals surface area (Å²) in [5.74, 6) is -0.705. The van der Waals surface area contributed by atoms with Crippen LogP contribution in [0.3, 0.4) is 0 Å². The second-order valence-corrected chi connectivity index (χ2v) is 7.54. The van der Waals surface area contributed by atoms with E-state index in [4.69, 9.17) is 9.47 Å². The van der Waals surface area contributed by atoms with Gasteiger partial charge >= 0.3 is 5.97 Å². The molecule has 0 amide bonds. The number of nitrogens with zero attached hydrogens (tertiary/aromatic N) is 1. The molecule has 0 saturated carbocycles. The molecule has 1 aromatic carbocycles. The topological polar surface area (TPSA) is 93.1 Å². The Hall–Kier alpha value is -1.64. The first-order chi connectivity index (χ1) is 10.2. The predicted octanol–water partition coefficient (Wildman–Crippen LogP) is 0.948. The molecule has 2 rings (SSSR count). The number of hydrogen-bond donors (Lipinski definition) is 1. The van der Waals surface area contributed by atoms with E-state index in [2.05, 4.69) is 0 Å². The van der Waals surface area contributed by atoms with Crippen molar-refractivity contribution < 1.29 is 27.8 Å². The first-order valence-corrected chi connectivity index (χ1v) is 8.14. The maximum absolute atomic E-state index is 12.8. The number of morpholine rings is 1. The van der Waals surface area contributed by atoms with E-state index >= 15 is 0 Å². The van der Waals surface area contributed by atoms with Gasteiger partial charge in [-0.25, -0.2) is 8.42 Å². The minimum atomic E-state index is -3.94. The number of aliphatic carboxylic acids is 1. The van der Waals surface area contributed by atoms with Crippen LogP contribution < -0.4 is 4.74 Å². The Bertz CT molecular complexity index is 652. The summed E-state index contributed by atoms with van der Waals surface area (Å²) in [6.07, 6.45) is 0. The Morgan fingerprint density at radius 1 is 1.36 bits per heavy atom. The van der Waals surface area contributed by atoms with Gasteiger partial charge in [0.15, 0.2) is 0 Å². The molecule has 0 aliphatic carbocycles. The van der Waals surface area contributed by atoms with Crippen molar-refractivity contribution in [2.75, 3.05) is 20.3 Å². The SMILES string of the molecule is COc1ccc(S(=O)(=O)N2CC(C)(C)OCC2C(=O)O)cc1.